The molecule has 0 bridgehead atoms. The molecule has 3 aromatic carbocycles. The van der Waals surface area contributed by atoms with Gasteiger partial charge in [0.15, 0.2) is 4.77 Å². The highest BCUT2D eigenvalue weighted by Crippen LogP contribution is 2.15. The van der Waals surface area contributed by atoms with E-state index in [1.807, 2.05) is 0 Å². The molecular weight excluding hydrogens is 443 g/mol. The average molecular weight is 463 g/mol. The molecular formula is C24H19FN4O3S. The normalized spacial score (nSPS) is 10.7. The minimum Gasteiger partial charge on any atom is -0.332 e. The van der Waals surface area contributed by atoms with E-state index in [0.717, 1.165) is 0 Å². The van der Waals surface area contributed by atoms with Gasteiger partial charge in [0.25, 0.3) is 11.5 Å². The monoisotopic (exact) mass is 462 g/mol. The number of aromatic nitrogens is 2. The van der Waals surface area contributed by atoms with Crippen molar-refractivity contribution < 1.29 is 14.0 Å². The lowest BCUT2D eigenvalue weighted by molar-refractivity contribution is -0.116. The summed E-state index contributed by atoms with van der Waals surface area (Å²) in [6.07, 6.45) is 0.00937. The quantitative estimate of drug-likeness (QED) is 0.368. The number of anilines is 2. The van der Waals surface area contributed by atoms with Crippen LogP contribution in [-0.2, 0) is 11.3 Å². The van der Waals surface area contributed by atoms with E-state index < -0.39 is 11.7 Å². The first kappa shape index (κ1) is 22.1. The predicted octanol–water partition coefficient (Wildman–Crippen LogP) is 4.48. The highest BCUT2D eigenvalue weighted by atomic mass is 32.1. The fourth-order valence-electron chi connectivity index (χ4n) is 3.35. The number of amides is 2. The van der Waals surface area contributed by atoms with Gasteiger partial charge in [-0.25, -0.2) is 4.39 Å². The minimum atomic E-state index is -0.459. The number of nitrogens with zero attached hydrogens (tertiary/aromatic N) is 1. The second-order valence-electron chi connectivity index (χ2n) is 7.28. The fourth-order valence-corrected chi connectivity index (χ4v) is 3.63. The number of aromatic amines is 1. The van der Waals surface area contributed by atoms with Crippen LogP contribution in [0.25, 0.3) is 10.9 Å². The van der Waals surface area contributed by atoms with E-state index in [1.54, 1.807) is 48.5 Å². The van der Waals surface area contributed by atoms with Crippen molar-refractivity contribution in [1.82, 2.24) is 9.55 Å². The predicted molar refractivity (Wildman–Crippen MR) is 127 cm³/mol. The molecule has 0 radical (unpaired) electrons. The van der Waals surface area contributed by atoms with Gasteiger partial charge < -0.3 is 15.6 Å². The Morgan fingerprint density at radius 3 is 2.45 bits per heavy atom. The maximum Gasteiger partial charge on any atom is 0.262 e. The Kier molecular flexibility index (Phi) is 6.41. The van der Waals surface area contributed by atoms with Crippen LogP contribution in [0.15, 0.2) is 77.6 Å². The molecule has 33 heavy (non-hydrogen) atoms. The second kappa shape index (κ2) is 9.58. The maximum absolute atomic E-state index is 13.3. The molecule has 0 aliphatic carbocycles. The van der Waals surface area contributed by atoms with Gasteiger partial charge in [0.1, 0.15) is 5.82 Å². The van der Waals surface area contributed by atoms with Crippen molar-refractivity contribution in [2.45, 2.75) is 13.0 Å². The summed E-state index contributed by atoms with van der Waals surface area (Å²) in [5, 5.41) is 5.82. The zero-order valence-electron chi connectivity index (χ0n) is 17.3. The van der Waals surface area contributed by atoms with Crippen LogP contribution in [0.1, 0.15) is 16.8 Å². The van der Waals surface area contributed by atoms with Crippen LogP contribution < -0.4 is 16.2 Å². The van der Waals surface area contributed by atoms with E-state index in [1.165, 1.54) is 28.8 Å². The van der Waals surface area contributed by atoms with Gasteiger partial charge in [-0.1, -0.05) is 24.3 Å². The summed E-state index contributed by atoms with van der Waals surface area (Å²) < 4.78 is 14.9. The number of benzene rings is 3. The van der Waals surface area contributed by atoms with Crippen LogP contribution in [-0.4, -0.2) is 21.4 Å². The molecule has 3 N–H and O–H groups in total. The summed E-state index contributed by atoms with van der Waals surface area (Å²) in [6, 6.07) is 19.0. The van der Waals surface area contributed by atoms with Gasteiger partial charge in [-0.05, 0) is 60.7 Å². The summed E-state index contributed by atoms with van der Waals surface area (Å²) in [4.78, 5) is 40.6. The smallest absolute Gasteiger partial charge is 0.262 e. The molecule has 0 unspecified atom stereocenters. The third-order valence-electron chi connectivity index (χ3n) is 4.94. The Morgan fingerprint density at radius 2 is 1.67 bits per heavy atom. The van der Waals surface area contributed by atoms with Crippen molar-refractivity contribution in [2.75, 3.05) is 10.6 Å². The van der Waals surface area contributed by atoms with Crippen LogP contribution in [0, 0.1) is 10.6 Å². The van der Waals surface area contributed by atoms with Gasteiger partial charge in [-0.15, -0.1) is 0 Å². The highest BCUT2D eigenvalue weighted by Gasteiger charge is 2.11. The third-order valence-corrected chi connectivity index (χ3v) is 5.27. The van der Waals surface area contributed by atoms with E-state index in [2.05, 4.69) is 15.6 Å². The molecule has 4 rings (SSSR count). The first-order valence-electron chi connectivity index (χ1n) is 10.1. The van der Waals surface area contributed by atoms with Crippen LogP contribution in [0.5, 0.6) is 0 Å². The summed E-state index contributed by atoms with van der Waals surface area (Å²) in [5.41, 5.74) is 1.42. The number of rotatable bonds is 6. The molecule has 4 aromatic rings. The van der Waals surface area contributed by atoms with E-state index in [4.69, 9.17) is 12.2 Å². The molecule has 2 amide bonds. The number of carbonyl (C=O) groups is 2. The number of H-pyrrole nitrogens is 1. The Morgan fingerprint density at radius 1 is 0.939 bits per heavy atom. The second-order valence-corrected chi connectivity index (χ2v) is 7.66. The Hall–Kier alpha value is -4.11. The third kappa shape index (κ3) is 5.21. The number of carbonyl (C=O) groups excluding carboxylic acids is 2. The zero-order valence-corrected chi connectivity index (χ0v) is 18.1. The van der Waals surface area contributed by atoms with Gasteiger partial charge >= 0.3 is 0 Å². The van der Waals surface area contributed by atoms with Crippen LogP contribution in [0.4, 0.5) is 15.8 Å². The first-order chi connectivity index (χ1) is 15.9. The van der Waals surface area contributed by atoms with Crippen molar-refractivity contribution >= 4 is 46.3 Å². The van der Waals surface area contributed by atoms with E-state index in [9.17, 15) is 18.8 Å². The van der Waals surface area contributed by atoms with Crippen molar-refractivity contribution in [2.24, 2.45) is 0 Å². The van der Waals surface area contributed by atoms with Crippen molar-refractivity contribution in [3.63, 3.8) is 0 Å². The number of halogens is 1. The summed E-state index contributed by atoms with van der Waals surface area (Å²) in [7, 11) is 0. The first-order valence-corrected chi connectivity index (χ1v) is 10.5. The summed E-state index contributed by atoms with van der Waals surface area (Å²) in [5.74, 6) is -1.24. The van der Waals surface area contributed by atoms with E-state index >= 15 is 0 Å². The van der Waals surface area contributed by atoms with Crippen LogP contribution in [0.3, 0.4) is 0 Å². The number of fused-ring (bicyclic) bond motifs is 1. The zero-order chi connectivity index (χ0) is 23.4. The molecule has 0 aliphatic heterocycles. The molecule has 0 fully saturated rings. The van der Waals surface area contributed by atoms with Gasteiger partial charge in [0, 0.05) is 29.9 Å². The Labute approximate surface area is 192 Å². The number of nitrogens with one attached hydrogen (secondary N) is 3. The fraction of sp³-hybridized carbons (Fsp3) is 0.0833. The summed E-state index contributed by atoms with van der Waals surface area (Å²) >= 11 is 5.26. The number of hydrogen-bond donors (Lipinski definition) is 3. The molecule has 1 heterocycles. The van der Waals surface area contributed by atoms with Gasteiger partial charge in [-0.2, -0.15) is 0 Å². The lowest BCUT2D eigenvalue weighted by Crippen LogP contribution is -2.25. The molecule has 0 aliphatic rings. The largest absolute Gasteiger partial charge is 0.332 e. The molecule has 0 saturated heterocycles. The highest BCUT2D eigenvalue weighted by molar-refractivity contribution is 7.71. The van der Waals surface area contributed by atoms with Crippen LogP contribution in [0.2, 0.25) is 0 Å². The molecule has 0 atom stereocenters. The Bertz CT molecular complexity index is 1480. The minimum absolute atomic E-state index is 0.00937. The lowest BCUT2D eigenvalue weighted by Gasteiger charge is -2.10. The molecule has 0 saturated carbocycles. The maximum atomic E-state index is 13.3. The van der Waals surface area contributed by atoms with Crippen molar-refractivity contribution in [1.29, 1.82) is 0 Å². The summed E-state index contributed by atoms with van der Waals surface area (Å²) in [6.45, 7) is 0.102. The topological polar surface area (TPSA) is 96.0 Å². The van der Waals surface area contributed by atoms with E-state index in [-0.39, 0.29) is 29.2 Å². The standard InChI is InChI=1S/C24H19FN4O3S/c25-16-6-4-8-18(14-16)27-22(31)15-5-3-7-17(13-15)26-21(30)11-12-29-23(32)19-9-1-2-10-20(19)28-24(29)33/h1-10,13-14H,11-12H2,(H,26,30)(H,27,31)(H,28,33). The molecule has 0 spiro atoms. The molecule has 9 heteroatoms. The average Bonchev–Trinajstić information content (AvgIpc) is 2.79. The molecule has 166 valence electrons. The van der Waals surface area contributed by atoms with E-state index in [0.29, 0.717) is 27.8 Å². The van der Waals surface area contributed by atoms with Gasteiger partial charge in [0.05, 0.1) is 10.9 Å². The molecule has 7 nitrogen and oxygen atoms in total. The van der Waals surface area contributed by atoms with Crippen molar-refractivity contribution in [3.05, 3.63) is 99.3 Å². The van der Waals surface area contributed by atoms with Crippen molar-refractivity contribution in [3.8, 4) is 0 Å². The Balaban J connectivity index is 1.42. The molecule has 1 aromatic heterocycles. The SMILES string of the molecule is O=C(CCn1c(=S)[nH]c2ccccc2c1=O)Nc1cccc(C(=O)Nc2cccc(F)c2)c1. The van der Waals surface area contributed by atoms with Crippen LogP contribution >= 0.6 is 12.2 Å². The van der Waals surface area contributed by atoms with Gasteiger partial charge in [-0.3, -0.25) is 19.0 Å². The lowest BCUT2D eigenvalue weighted by atomic mass is 10.1. The van der Waals surface area contributed by atoms with Gasteiger partial charge in [0.2, 0.25) is 5.91 Å². The number of para-hydroxylation sites is 1. The number of hydrogen-bond acceptors (Lipinski definition) is 4.